The first kappa shape index (κ1) is 23.2. The Balaban J connectivity index is 1.92. The molecule has 2 aromatic carbocycles. The maximum Gasteiger partial charge on any atom is 0.261 e. The number of likely N-dealkylation sites (N-methyl/N-ethyl adjacent to an activating group) is 1. The Bertz CT molecular complexity index is 1380. The van der Waals surface area contributed by atoms with Gasteiger partial charge >= 0.3 is 0 Å². The largest absolute Gasteiger partial charge is 0.497 e. The van der Waals surface area contributed by atoms with Gasteiger partial charge in [-0.3, -0.25) is 9.36 Å². The van der Waals surface area contributed by atoms with Gasteiger partial charge in [0.25, 0.3) is 5.56 Å². The minimum Gasteiger partial charge on any atom is -0.497 e. The van der Waals surface area contributed by atoms with Crippen LogP contribution >= 0.6 is 0 Å². The fourth-order valence-electron chi connectivity index (χ4n) is 3.81. The molecular weight excluding hydrogens is 432 g/mol. The monoisotopic (exact) mass is 460 g/mol. The second kappa shape index (κ2) is 9.88. The number of nitrogens with two attached hydrogens (primary N) is 1. The summed E-state index contributed by atoms with van der Waals surface area (Å²) in [6, 6.07) is 13.0. The van der Waals surface area contributed by atoms with E-state index in [1.165, 1.54) is 0 Å². The molecule has 0 aliphatic heterocycles. The van der Waals surface area contributed by atoms with Crippen LogP contribution in [0.25, 0.3) is 22.2 Å². The molecule has 4 rings (SSSR count). The van der Waals surface area contributed by atoms with Gasteiger partial charge < -0.3 is 20.1 Å². The molecule has 2 aromatic heterocycles. The third-order valence-electron chi connectivity index (χ3n) is 5.55. The average Bonchev–Trinajstić information content (AvgIpc) is 2.84. The van der Waals surface area contributed by atoms with Gasteiger partial charge in [-0.2, -0.15) is 0 Å². The molecule has 0 saturated heterocycles. The Kier molecular flexibility index (Phi) is 6.74. The molecule has 2 heterocycles. The number of rotatable bonds is 8. The quantitative estimate of drug-likeness (QED) is 0.427. The molecular formula is C25H28N6O3. The number of hydrogen-bond acceptors (Lipinski definition) is 8. The van der Waals surface area contributed by atoms with Crippen LogP contribution in [0.15, 0.2) is 53.5 Å². The van der Waals surface area contributed by atoms with E-state index >= 15 is 0 Å². The highest BCUT2D eigenvalue weighted by molar-refractivity contribution is 5.89. The molecule has 0 unspecified atom stereocenters. The minimum atomic E-state index is -0.149. The SMILES string of the molecule is COc1cccc(Cn2c(CCN(C)C)nc3c(OC)cc(-c4ccnc(N)n4)cc3c2=O)c1. The Morgan fingerprint density at radius 2 is 1.88 bits per heavy atom. The molecule has 176 valence electrons. The van der Waals surface area contributed by atoms with Crippen molar-refractivity contribution in [3.63, 3.8) is 0 Å². The molecule has 0 aliphatic carbocycles. The molecule has 4 aromatic rings. The number of ether oxygens (including phenoxy) is 2. The number of nitrogens with zero attached hydrogens (tertiary/aromatic N) is 5. The number of nitrogen functional groups attached to an aromatic ring is 1. The molecule has 2 N–H and O–H groups in total. The van der Waals surface area contributed by atoms with Crippen LogP contribution in [-0.2, 0) is 13.0 Å². The summed E-state index contributed by atoms with van der Waals surface area (Å²) < 4.78 is 12.7. The predicted octanol–water partition coefficient (Wildman–Crippen LogP) is 2.61. The third kappa shape index (κ3) is 4.84. The van der Waals surface area contributed by atoms with Gasteiger partial charge in [-0.1, -0.05) is 12.1 Å². The maximum absolute atomic E-state index is 13.8. The van der Waals surface area contributed by atoms with E-state index in [1.54, 1.807) is 37.1 Å². The van der Waals surface area contributed by atoms with Crippen LogP contribution < -0.4 is 20.8 Å². The molecule has 0 atom stereocenters. The fraction of sp³-hybridized carbons (Fsp3) is 0.280. The van der Waals surface area contributed by atoms with E-state index in [2.05, 4.69) is 14.9 Å². The van der Waals surface area contributed by atoms with Crippen molar-refractivity contribution in [2.75, 3.05) is 40.6 Å². The molecule has 0 saturated carbocycles. The van der Waals surface area contributed by atoms with Crippen LogP contribution in [-0.4, -0.2) is 59.3 Å². The summed E-state index contributed by atoms with van der Waals surface area (Å²) in [4.78, 5) is 29.0. The second-order valence-electron chi connectivity index (χ2n) is 8.20. The van der Waals surface area contributed by atoms with E-state index in [1.807, 2.05) is 44.4 Å². The standard InChI is InChI=1S/C25H28N6O3/c1-30(2)11-9-22-29-23-19(24(32)31(22)15-16-6-5-7-18(12-16)33-3)13-17(14-21(23)34-4)20-8-10-27-25(26)28-20/h5-8,10,12-14H,9,11,15H2,1-4H3,(H2,26,27,28). The third-order valence-corrected chi connectivity index (χ3v) is 5.55. The lowest BCUT2D eigenvalue weighted by Crippen LogP contribution is -2.28. The van der Waals surface area contributed by atoms with Gasteiger partial charge in [-0.25, -0.2) is 15.0 Å². The maximum atomic E-state index is 13.8. The van der Waals surface area contributed by atoms with Gasteiger partial charge in [0.2, 0.25) is 5.95 Å². The first-order chi connectivity index (χ1) is 16.4. The molecule has 9 nitrogen and oxygen atoms in total. The van der Waals surface area contributed by atoms with Crippen molar-refractivity contribution < 1.29 is 9.47 Å². The fourth-order valence-corrected chi connectivity index (χ4v) is 3.81. The van der Waals surface area contributed by atoms with Crippen molar-refractivity contribution in [1.29, 1.82) is 0 Å². The lowest BCUT2D eigenvalue weighted by Gasteiger charge is -2.17. The molecule has 0 radical (unpaired) electrons. The summed E-state index contributed by atoms with van der Waals surface area (Å²) in [5, 5.41) is 0.447. The number of hydrogen-bond donors (Lipinski definition) is 1. The number of methoxy groups -OCH3 is 2. The van der Waals surface area contributed by atoms with Crippen LogP contribution in [0.2, 0.25) is 0 Å². The van der Waals surface area contributed by atoms with E-state index in [4.69, 9.17) is 20.2 Å². The second-order valence-corrected chi connectivity index (χ2v) is 8.20. The zero-order valence-electron chi connectivity index (χ0n) is 19.8. The summed E-state index contributed by atoms with van der Waals surface area (Å²) in [7, 11) is 7.17. The highest BCUT2D eigenvalue weighted by Crippen LogP contribution is 2.30. The van der Waals surface area contributed by atoms with Crippen LogP contribution in [0.1, 0.15) is 11.4 Å². The van der Waals surface area contributed by atoms with E-state index in [-0.39, 0.29) is 11.5 Å². The number of fused-ring (bicyclic) bond motifs is 1. The molecule has 0 amide bonds. The predicted molar refractivity (Wildman–Crippen MR) is 132 cm³/mol. The zero-order chi connectivity index (χ0) is 24.2. The topological polar surface area (TPSA) is 108 Å². The number of anilines is 1. The first-order valence-corrected chi connectivity index (χ1v) is 10.9. The van der Waals surface area contributed by atoms with Gasteiger partial charge in [0.05, 0.1) is 31.8 Å². The summed E-state index contributed by atoms with van der Waals surface area (Å²) in [5.74, 6) is 2.08. The van der Waals surface area contributed by atoms with Crippen molar-refractivity contribution in [3.8, 4) is 22.8 Å². The van der Waals surface area contributed by atoms with Crippen molar-refractivity contribution in [3.05, 3.63) is 70.4 Å². The zero-order valence-corrected chi connectivity index (χ0v) is 19.8. The van der Waals surface area contributed by atoms with Gasteiger partial charge in [0.1, 0.15) is 22.8 Å². The van der Waals surface area contributed by atoms with E-state index in [9.17, 15) is 4.79 Å². The average molecular weight is 461 g/mol. The Morgan fingerprint density at radius 1 is 1.06 bits per heavy atom. The molecule has 34 heavy (non-hydrogen) atoms. The Labute approximate surface area is 197 Å². The van der Waals surface area contributed by atoms with Gasteiger partial charge in [0, 0.05) is 24.7 Å². The summed E-state index contributed by atoms with van der Waals surface area (Å²) in [5.41, 5.74) is 8.39. The van der Waals surface area contributed by atoms with Crippen LogP contribution in [0, 0.1) is 0 Å². The number of aromatic nitrogens is 4. The van der Waals surface area contributed by atoms with Gasteiger partial charge in [0.15, 0.2) is 0 Å². The lowest BCUT2D eigenvalue weighted by atomic mass is 10.1. The van der Waals surface area contributed by atoms with E-state index in [0.29, 0.717) is 46.7 Å². The van der Waals surface area contributed by atoms with Crippen molar-refractivity contribution in [2.24, 2.45) is 0 Å². The first-order valence-electron chi connectivity index (χ1n) is 10.9. The smallest absolute Gasteiger partial charge is 0.261 e. The summed E-state index contributed by atoms with van der Waals surface area (Å²) in [6.45, 7) is 1.12. The van der Waals surface area contributed by atoms with Crippen LogP contribution in [0.4, 0.5) is 5.95 Å². The molecule has 0 bridgehead atoms. The highest BCUT2D eigenvalue weighted by atomic mass is 16.5. The summed E-state index contributed by atoms with van der Waals surface area (Å²) >= 11 is 0. The Hall–Kier alpha value is -3.98. The molecule has 9 heteroatoms. The van der Waals surface area contributed by atoms with Crippen molar-refractivity contribution in [2.45, 2.75) is 13.0 Å². The van der Waals surface area contributed by atoms with Crippen molar-refractivity contribution >= 4 is 16.9 Å². The van der Waals surface area contributed by atoms with E-state index < -0.39 is 0 Å². The summed E-state index contributed by atoms with van der Waals surface area (Å²) in [6.07, 6.45) is 2.19. The highest BCUT2D eigenvalue weighted by Gasteiger charge is 2.17. The number of benzene rings is 2. The lowest BCUT2D eigenvalue weighted by molar-refractivity contribution is 0.403. The molecule has 0 aliphatic rings. The van der Waals surface area contributed by atoms with Gasteiger partial charge in [-0.15, -0.1) is 0 Å². The minimum absolute atomic E-state index is 0.149. The molecule has 0 fully saturated rings. The van der Waals surface area contributed by atoms with Crippen LogP contribution in [0.3, 0.4) is 0 Å². The Morgan fingerprint density at radius 3 is 2.59 bits per heavy atom. The normalized spacial score (nSPS) is 11.2. The van der Waals surface area contributed by atoms with Crippen molar-refractivity contribution in [1.82, 2.24) is 24.4 Å². The molecule has 0 spiro atoms. The van der Waals surface area contributed by atoms with Crippen LogP contribution in [0.5, 0.6) is 11.5 Å². The van der Waals surface area contributed by atoms with Gasteiger partial charge in [-0.05, 0) is 50.0 Å². The van der Waals surface area contributed by atoms with E-state index in [0.717, 1.165) is 17.9 Å².